The van der Waals surface area contributed by atoms with Crippen molar-refractivity contribution in [2.45, 2.75) is 25.0 Å². The minimum atomic E-state index is -0.781. The molecule has 3 aliphatic heterocycles. The lowest BCUT2D eigenvalue weighted by Gasteiger charge is -2.35. The molecule has 0 bridgehead atoms. The molecule has 0 amide bonds. The quantitative estimate of drug-likeness (QED) is 0.371. The number of esters is 1. The van der Waals surface area contributed by atoms with Gasteiger partial charge in [0.1, 0.15) is 23.6 Å². The molecule has 196 valence electrons. The van der Waals surface area contributed by atoms with Gasteiger partial charge in [0.25, 0.3) is 0 Å². The summed E-state index contributed by atoms with van der Waals surface area (Å²) in [4.78, 5) is 29.0. The van der Waals surface area contributed by atoms with Gasteiger partial charge in [-0.15, -0.1) is 11.3 Å². The van der Waals surface area contributed by atoms with Crippen LogP contribution in [0.4, 0.5) is 4.39 Å². The number of amidine groups is 2. The zero-order chi connectivity index (χ0) is 25.8. The summed E-state index contributed by atoms with van der Waals surface area (Å²) >= 11 is 9.45. The molecule has 1 saturated heterocycles. The molecule has 5 rings (SSSR count). The first-order chi connectivity index (χ1) is 18.0. The molecular weight excluding hydrogens is 539 g/mol. The first-order valence-electron chi connectivity index (χ1n) is 11.8. The van der Waals surface area contributed by atoms with E-state index in [9.17, 15) is 9.18 Å². The number of aromatic nitrogens is 1. The second kappa shape index (κ2) is 11.9. The van der Waals surface area contributed by atoms with E-state index in [4.69, 9.17) is 26.1 Å². The molecule has 3 aliphatic rings. The average molecular weight is 565 g/mol. The van der Waals surface area contributed by atoms with Crippen molar-refractivity contribution in [3.05, 3.63) is 62.5 Å². The van der Waals surface area contributed by atoms with Crippen LogP contribution in [0.2, 0.25) is 5.02 Å². The smallest absolute Gasteiger partial charge is 0.338 e. The largest absolute Gasteiger partial charge is 0.466 e. The normalized spacial score (nSPS) is 22.2. The molecular formula is C24H26ClFN6O3S2. The first-order valence-corrected chi connectivity index (χ1v) is 14.0. The van der Waals surface area contributed by atoms with Crippen LogP contribution < -0.4 is 10.0 Å². The molecule has 1 fully saturated rings. The number of halogens is 2. The Kier molecular flexibility index (Phi) is 8.40. The van der Waals surface area contributed by atoms with Gasteiger partial charge in [0.2, 0.25) is 0 Å². The molecule has 1 aromatic carbocycles. The van der Waals surface area contributed by atoms with E-state index in [1.165, 1.54) is 30.6 Å². The zero-order valence-corrected chi connectivity index (χ0v) is 22.5. The molecule has 0 unspecified atom stereocenters. The van der Waals surface area contributed by atoms with Crippen LogP contribution in [0.15, 0.2) is 51.0 Å². The van der Waals surface area contributed by atoms with E-state index in [0.717, 1.165) is 24.6 Å². The number of nitrogens with zero attached hydrogens (tertiary/aromatic N) is 4. The zero-order valence-electron chi connectivity index (χ0n) is 20.1. The highest BCUT2D eigenvalue weighted by Crippen LogP contribution is 2.37. The van der Waals surface area contributed by atoms with Crippen LogP contribution in [0.5, 0.6) is 0 Å². The van der Waals surface area contributed by atoms with Gasteiger partial charge in [-0.05, 0) is 30.5 Å². The van der Waals surface area contributed by atoms with Gasteiger partial charge in [-0.3, -0.25) is 14.9 Å². The van der Waals surface area contributed by atoms with Crippen molar-refractivity contribution in [2.24, 2.45) is 9.98 Å². The lowest BCUT2D eigenvalue weighted by atomic mass is 9.95. The molecule has 37 heavy (non-hydrogen) atoms. The van der Waals surface area contributed by atoms with Crippen LogP contribution >= 0.6 is 34.9 Å². The number of nitrogens with one attached hydrogen (secondary N) is 2. The summed E-state index contributed by atoms with van der Waals surface area (Å²) in [5.74, 6) is 1.27. The van der Waals surface area contributed by atoms with Crippen LogP contribution in [0, 0.1) is 5.82 Å². The Hall–Kier alpha value is -2.51. The predicted octanol–water partition coefficient (Wildman–Crippen LogP) is 3.54. The Morgan fingerprint density at radius 3 is 3.03 bits per heavy atom. The summed E-state index contributed by atoms with van der Waals surface area (Å²) in [7, 11) is 1.33. The number of methoxy groups -OCH3 is 1. The Labute approximate surface area is 227 Å². The maximum absolute atomic E-state index is 13.8. The molecule has 0 saturated carbocycles. The number of morpholine rings is 1. The third-order valence-corrected chi connectivity index (χ3v) is 7.99. The van der Waals surface area contributed by atoms with Gasteiger partial charge in [-0.2, -0.15) is 0 Å². The molecule has 1 aromatic heterocycles. The standard InChI is InChI=1S/C24H26ClFN6O3S2/c1-34-24(33)20-18(12-32-7-8-35-15(11-32)3-5-19-28-13-37-31-19)29-22(23-27-6-9-36-23)30-21(20)16-4-2-14(26)10-17(16)25/h2,4,6,9-10,15,21H,3,5,7-8,11-13H2,1H3,(H,28,31)(H,29,30)/t15-,21+/m1/s1. The number of aliphatic imine (C=N–C) groups is 2. The summed E-state index contributed by atoms with van der Waals surface area (Å²) in [5.41, 5.74) is 1.50. The monoisotopic (exact) mass is 564 g/mol. The van der Waals surface area contributed by atoms with Crippen LogP contribution in [0.1, 0.15) is 29.5 Å². The average Bonchev–Trinajstić information content (AvgIpc) is 3.62. The van der Waals surface area contributed by atoms with Gasteiger partial charge in [0, 0.05) is 53.9 Å². The van der Waals surface area contributed by atoms with Gasteiger partial charge in [-0.25, -0.2) is 14.2 Å². The van der Waals surface area contributed by atoms with Gasteiger partial charge >= 0.3 is 5.97 Å². The van der Waals surface area contributed by atoms with Crippen LogP contribution in [-0.2, 0) is 14.3 Å². The summed E-state index contributed by atoms with van der Waals surface area (Å²) < 4.78 is 28.2. The summed E-state index contributed by atoms with van der Waals surface area (Å²) in [6.07, 6.45) is 3.41. The maximum atomic E-state index is 13.8. The third kappa shape index (κ3) is 6.15. The number of carbonyl (C=O) groups excluding carboxylic acids is 1. The molecule has 0 spiro atoms. The molecule has 2 atom stereocenters. The fourth-order valence-electron chi connectivity index (χ4n) is 4.48. The van der Waals surface area contributed by atoms with E-state index in [0.29, 0.717) is 53.9 Å². The number of carbonyl (C=O) groups is 1. The Bertz CT molecular complexity index is 1240. The predicted molar refractivity (Wildman–Crippen MR) is 143 cm³/mol. The summed E-state index contributed by atoms with van der Waals surface area (Å²) in [6.45, 7) is 2.43. The number of hydrogen-bond acceptors (Lipinski definition) is 11. The van der Waals surface area contributed by atoms with E-state index in [1.54, 1.807) is 24.2 Å². The Morgan fingerprint density at radius 2 is 2.30 bits per heavy atom. The molecule has 0 radical (unpaired) electrons. The van der Waals surface area contributed by atoms with Crippen molar-refractivity contribution < 1.29 is 18.7 Å². The highest BCUT2D eigenvalue weighted by molar-refractivity contribution is 7.98. The maximum Gasteiger partial charge on any atom is 0.338 e. The number of thiazole rings is 1. The lowest BCUT2D eigenvalue weighted by Crippen LogP contribution is -2.46. The Balaban J connectivity index is 1.44. The van der Waals surface area contributed by atoms with Crippen LogP contribution in [-0.4, -0.2) is 72.9 Å². The minimum absolute atomic E-state index is 0.0454. The second-order valence-corrected chi connectivity index (χ2v) is 10.7. The van der Waals surface area contributed by atoms with Crippen molar-refractivity contribution >= 4 is 52.5 Å². The van der Waals surface area contributed by atoms with Crippen molar-refractivity contribution in [3.8, 4) is 0 Å². The molecule has 13 heteroatoms. The van der Waals surface area contributed by atoms with Crippen LogP contribution in [0.3, 0.4) is 0 Å². The van der Waals surface area contributed by atoms with Crippen molar-refractivity contribution in [1.29, 1.82) is 0 Å². The van der Waals surface area contributed by atoms with E-state index < -0.39 is 17.8 Å². The molecule has 2 N–H and O–H groups in total. The van der Waals surface area contributed by atoms with Gasteiger partial charge in [-0.1, -0.05) is 17.7 Å². The van der Waals surface area contributed by atoms with E-state index >= 15 is 0 Å². The van der Waals surface area contributed by atoms with E-state index in [-0.39, 0.29) is 11.1 Å². The van der Waals surface area contributed by atoms with Crippen molar-refractivity contribution in [2.75, 3.05) is 39.2 Å². The van der Waals surface area contributed by atoms with Crippen molar-refractivity contribution in [1.82, 2.24) is 19.9 Å². The molecule has 0 aliphatic carbocycles. The lowest BCUT2D eigenvalue weighted by molar-refractivity contribution is -0.136. The summed E-state index contributed by atoms with van der Waals surface area (Å²) in [5, 5.41) is 6.05. The molecule has 9 nitrogen and oxygen atoms in total. The van der Waals surface area contributed by atoms with E-state index in [2.05, 4.69) is 24.9 Å². The van der Waals surface area contributed by atoms with Gasteiger partial charge in [0.05, 0.1) is 25.4 Å². The highest BCUT2D eigenvalue weighted by atomic mass is 35.5. The number of benzene rings is 1. The second-order valence-electron chi connectivity index (χ2n) is 8.64. The van der Waals surface area contributed by atoms with Crippen LogP contribution in [0.25, 0.3) is 0 Å². The van der Waals surface area contributed by atoms with Crippen molar-refractivity contribution in [3.63, 3.8) is 0 Å². The van der Waals surface area contributed by atoms with Gasteiger partial charge < -0.3 is 19.5 Å². The third-order valence-electron chi connectivity index (χ3n) is 6.24. The van der Waals surface area contributed by atoms with E-state index in [1.807, 2.05) is 5.38 Å². The number of rotatable bonds is 8. The fourth-order valence-corrected chi connectivity index (χ4v) is 5.95. The fraction of sp³-hybridized carbons (Fsp3) is 0.417. The number of ether oxygens (including phenoxy) is 2. The Morgan fingerprint density at radius 1 is 1.41 bits per heavy atom. The van der Waals surface area contributed by atoms with Gasteiger partial charge in [0.15, 0.2) is 10.8 Å². The number of hydrogen-bond donors (Lipinski definition) is 2. The first kappa shape index (κ1) is 26.1. The summed E-state index contributed by atoms with van der Waals surface area (Å²) in [6, 6.07) is 3.31. The SMILES string of the molecule is COC(=O)C1=C(CN2CCO[C@H](CCC3=NCSN3)C2)NC(c2nccs2)=N[C@H]1c1ccc(F)cc1Cl. The topological polar surface area (TPSA) is 100 Å². The molecule has 2 aromatic rings. The molecule has 4 heterocycles. The minimum Gasteiger partial charge on any atom is -0.466 e. The highest BCUT2D eigenvalue weighted by Gasteiger charge is 2.35.